The Hall–Kier alpha value is -0.260. The maximum Gasteiger partial charge on any atom is 0.243 e. The molecular formula is C5H13N3OS. The fourth-order valence-corrected chi connectivity index (χ4v) is 1.14. The molecule has 4 N–H and O–H groups in total. The van der Waals surface area contributed by atoms with Crippen molar-refractivity contribution in [3.05, 3.63) is 0 Å². The second kappa shape index (κ2) is 6.85. The summed E-state index contributed by atoms with van der Waals surface area (Å²) in [5.41, 5.74) is 2.06. The molecule has 0 atom stereocenters. The minimum absolute atomic E-state index is 0.124. The van der Waals surface area contributed by atoms with Crippen molar-refractivity contribution in [2.75, 3.05) is 25.1 Å². The lowest BCUT2D eigenvalue weighted by molar-refractivity contribution is -0.118. The van der Waals surface area contributed by atoms with E-state index in [-0.39, 0.29) is 5.91 Å². The molecule has 0 aromatic rings. The molecule has 10 heavy (non-hydrogen) atoms. The third kappa shape index (κ3) is 5.87. The minimum Gasteiger partial charge on any atom is -0.319 e. The SMILES string of the molecule is CNCCSCC(=O)NN. The highest BCUT2D eigenvalue weighted by Gasteiger charge is 1.95. The van der Waals surface area contributed by atoms with Gasteiger partial charge in [-0.05, 0) is 7.05 Å². The van der Waals surface area contributed by atoms with Crippen molar-refractivity contribution in [3.63, 3.8) is 0 Å². The third-order valence-electron chi connectivity index (χ3n) is 0.891. The quantitative estimate of drug-likeness (QED) is 0.209. The van der Waals surface area contributed by atoms with E-state index in [0.717, 1.165) is 12.3 Å². The van der Waals surface area contributed by atoms with Crippen LogP contribution in [0.25, 0.3) is 0 Å². The predicted octanol–water partition coefficient (Wildman–Crippen LogP) is -1.07. The Morgan fingerprint density at radius 1 is 1.70 bits per heavy atom. The standard InChI is InChI=1S/C5H13N3OS/c1-7-2-3-10-4-5(9)8-6/h7H,2-4,6H2,1H3,(H,8,9). The molecule has 0 aliphatic carbocycles. The number of rotatable bonds is 5. The van der Waals surface area contributed by atoms with E-state index in [2.05, 4.69) is 10.7 Å². The lowest BCUT2D eigenvalue weighted by atomic mass is 10.7. The summed E-state index contributed by atoms with van der Waals surface area (Å²) in [5, 5.41) is 2.98. The van der Waals surface area contributed by atoms with Gasteiger partial charge in [0.15, 0.2) is 0 Å². The molecule has 4 nitrogen and oxygen atoms in total. The lowest BCUT2D eigenvalue weighted by Gasteiger charge is -1.98. The molecule has 0 aromatic heterocycles. The highest BCUT2D eigenvalue weighted by molar-refractivity contribution is 7.99. The molecule has 0 fully saturated rings. The molecular weight excluding hydrogens is 150 g/mol. The highest BCUT2D eigenvalue weighted by atomic mass is 32.2. The first-order valence-electron chi connectivity index (χ1n) is 3.03. The van der Waals surface area contributed by atoms with Crippen molar-refractivity contribution in [1.82, 2.24) is 10.7 Å². The third-order valence-corrected chi connectivity index (χ3v) is 1.85. The maximum absolute atomic E-state index is 10.5. The number of nitrogens with two attached hydrogens (primary N) is 1. The summed E-state index contributed by atoms with van der Waals surface area (Å²) in [6, 6.07) is 0. The highest BCUT2D eigenvalue weighted by Crippen LogP contribution is 1.95. The topological polar surface area (TPSA) is 67.2 Å². The van der Waals surface area contributed by atoms with Gasteiger partial charge in [0.1, 0.15) is 0 Å². The molecule has 0 saturated heterocycles. The van der Waals surface area contributed by atoms with Crippen LogP contribution in [0.5, 0.6) is 0 Å². The smallest absolute Gasteiger partial charge is 0.243 e. The van der Waals surface area contributed by atoms with Gasteiger partial charge in [0, 0.05) is 12.3 Å². The number of hydrogen-bond acceptors (Lipinski definition) is 4. The van der Waals surface area contributed by atoms with Crippen LogP contribution in [0.3, 0.4) is 0 Å². The fraction of sp³-hybridized carbons (Fsp3) is 0.800. The first-order chi connectivity index (χ1) is 4.81. The number of carbonyl (C=O) groups is 1. The number of hydrazine groups is 1. The van der Waals surface area contributed by atoms with E-state index in [0.29, 0.717) is 5.75 Å². The van der Waals surface area contributed by atoms with Gasteiger partial charge in [-0.2, -0.15) is 11.8 Å². The molecule has 1 amide bonds. The largest absolute Gasteiger partial charge is 0.319 e. The van der Waals surface area contributed by atoms with Crippen LogP contribution in [0.15, 0.2) is 0 Å². The van der Waals surface area contributed by atoms with Crippen molar-refractivity contribution in [2.24, 2.45) is 5.84 Å². The Morgan fingerprint density at radius 3 is 2.90 bits per heavy atom. The number of nitrogens with one attached hydrogen (secondary N) is 2. The zero-order valence-electron chi connectivity index (χ0n) is 6.02. The average Bonchev–Trinajstić information content (AvgIpc) is 1.98. The summed E-state index contributed by atoms with van der Waals surface area (Å²) < 4.78 is 0. The van der Waals surface area contributed by atoms with E-state index in [1.807, 2.05) is 7.05 Å². The van der Waals surface area contributed by atoms with E-state index in [9.17, 15) is 4.79 Å². The first-order valence-corrected chi connectivity index (χ1v) is 4.18. The lowest BCUT2D eigenvalue weighted by Crippen LogP contribution is -2.31. The summed E-state index contributed by atoms with van der Waals surface area (Å²) in [6.45, 7) is 0.919. The monoisotopic (exact) mass is 163 g/mol. The summed E-state index contributed by atoms with van der Waals surface area (Å²) >= 11 is 1.56. The Labute approximate surface area is 64.9 Å². The number of thioether (sulfide) groups is 1. The average molecular weight is 163 g/mol. The van der Waals surface area contributed by atoms with Gasteiger partial charge in [0.2, 0.25) is 5.91 Å². The van der Waals surface area contributed by atoms with E-state index < -0.39 is 0 Å². The van der Waals surface area contributed by atoms with Gasteiger partial charge < -0.3 is 5.32 Å². The van der Waals surface area contributed by atoms with Gasteiger partial charge in [-0.15, -0.1) is 0 Å². The molecule has 0 unspecified atom stereocenters. The van der Waals surface area contributed by atoms with Crippen molar-refractivity contribution in [2.45, 2.75) is 0 Å². The van der Waals surface area contributed by atoms with Crippen LogP contribution in [0, 0.1) is 0 Å². The van der Waals surface area contributed by atoms with Gasteiger partial charge >= 0.3 is 0 Å². The molecule has 0 aliphatic heterocycles. The van der Waals surface area contributed by atoms with Crippen molar-refractivity contribution in [3.8, 4) is 0 Å². The van der Waals surface area contributed by atoms with Crippen molar-refractivity contribution in [1.29, 1.82) is 0 Å². The molecule has 0 radical (unpaired) electrons. The number of amides is 1. The van der Waals surface area contributed by atoms with Crippen LogP contribution < -0.4 is 16.6 Å². The van der Waals surface area contributed by atoms with E-state index in [4.69, 9.17) is 5.84 Å². The number of hydrogen-bond donors (Lipinski definition) is 3. The minimum atomic E-state index is -0.124. The second-order valence-electron chi connectivity index (χ2n) is 1.72. The van der Waals surface area contributed by atoms with Gasteiger partial charge in [0.05, 0.1) is 5.75 Å². The predicted molar refractivity (Wildman–Crippen MR) is 43.6 cm³/mol. The van der Waals surface area contributed by atoms with Crippen LogP contribution in [0.4, 0.5) is 0 Å². The van der Waals surface area contributed by atoms with Crippen molar-refractivity contribution < 1.29 is 4.79 Å². The van der Waals surface area contributed by atoms with E-state index in [1.165, 1.54) is 0 Å². The molecule has 0 aromatic carbocycles. The molecule has 0 bridgehead atoms. The van der Waals surface area contributed by atoms with Crippen LogP contribution in [-0.4, -0.2) is 31.0 Å². The zero-order chi connectivity index (χ0) is 7.82. The Bertz CT molecular complexity index is 98.9. The summed E-state index contributed by atoms with van der Waals surface area (Å²) in [7, 11) is 1.88. The molecule has 0 saturated carbocycles. The summed E-state index contributed by atoms with van der Waals surface area (Å²) in [4.78, 5) is 10.5. The van der Waals surface area contributed by atoms with Crippen LogP contribution >= 0.6 is 11.8 Å². The Kier molecular flexibility index (Phi) is 6.68. The second-order valence-corrected chi connectivity index (χ2v) is 2.83. The summed E-state index contributed by atoms with van der Waals surface area (Å²) in [6.07, 6.45) is 0. The molecule has 0 rings (SSSR count). The number of carbonyl (C=O) groups excluding carboxylic acids is 1. The summed E-state index contributed by atoms with van der Waals surface area (Å²) in [5.74, 6) is 6.11. The van der Waals surface area contributed by atoms with Gasteiger partial charge in [-0.1, -0.05) is 0 Å². The molecule has 0 spiro atoms. The van der Waals surface area contributed by atoms with Gasteiger partial charge in [-0.3, -0.25) is 10.2 Å². The molecule has 0 aliphatic rings. The van der Waals surface area contributed by atoms with Crippen LogP contribution in [-0.2, 0) is 4.79 Å². The molecule has 60 valence electrons. The van der Waals surface area contributed by atoms with E-state index >= 15 is 0 Å². The van der Waals surface area contributed by atoms with Crippen LogP contribution in [0.2, 0.25) is 0 Å². The first kappa shape index (κ1) is 9.74. The van der Waals surface area contributed by atoms with E-state index in [1.54, 1.807) is 11.8 Å². The Balaban J connectivity index is 2.96. The molecule has 5 heteroatoms. The fourth-order valence-electron chi connectivity index (χ4n) is 0.381. The molecule has 0 heterocycles. The van der Waals surface area contributed by atoms with Gasteiger partial charge in [-0.25, -0.2) is 5.84 Å². The normalized spacial score (nSPS) is 9.40. The zero-order valence-corrected chi connectivity index (χ0v) is 6.83. The maximum atomic E-state index is 10.5. The Morgan fingerprint density at radius 2 is 2.40 bits per heavy atom. The van der Waals surface area contributed by atoms with Crippen LogP contribution in [0.1, 0.15) is 0 Å². The van der Waals surface area contributed by atoms with Gasteiger partial charge in [0.25, 0.3) is 0 Å². The van der Waals surface area contributed by atoms with Crippen molar-refractivity contribution >= 4 is 17.7 Å².